The molecule has 0 spiro atoms. The Morgan fingerprint density at radius 2 is 2.00 bits per heavy atom. The van der Waals surface area contributed by atoms with E-state index in [9.17, 15) is 9.59 Å². The van der Waals surface area contributed by atoms with Crippen molar-refractivity contribution in [2.75, 3.05) is 27.3 Å². The number of esters is 1. The highest BCUT2D eigenvalue weighted by Crippen LogP contribution is 2.17. The van der Waals surface area contributed by atoms with E-state index in [-0.39, 0.29) is 24.1 Å². The molecular formula is C19H28N2O5. The summed E-state index contributed by atoms with van der Waals surface area (Å²) in [5.74, 6) is 0.385. The third-order valence-corrected chi connectivity index (χ3v) is 4.32. The SMILES string of the molecule is COC(=O)[C@H](Cc1ccc(OCC[C@H]2CNC(=O)N2C)cc1)OC(C)C. The van der Waals surface area contributed by atoms with Crippen LogP contribution in [0.5, 0.6) is 5.75 Å². The van der Waals surface area contributed by atoms with E-state index in [1.54, 1.807) is 11.9 Å². The van der Waals surface area contributed by atoms with Crippen molar-refractivity contribution in [3.63, 3.8) is 0 Å². The van der Waals surface area contributed by atoms with Gasteiger partial charge in [0.15, 0.2) is 6.10 Å². The minimum absolute atomic E-state index is 0.0388. The van der Waals surface area contributed by atoms with Crippen LogP contribution in [-0.2, 0) is 20.7 Å². The summed E-state index contributed by atoms with van der Waals surface area (Å²) >= 11 is 0. The average molecular weight is 364 g/mol. The summed E-state index contributed by atoms with van der Waals surface area (Å²) in [4.78, 5) is 24.9. The zero-order valence-electron chi connectivity index (χ0n) is 15.9. The number of methoxy groups -OCH3 is 1. The first-order valence-electron chi connectivity index (χ1n) is 8.86. The maximum Gasteiger partial charge on any atom is 0.335 e. The van der Waals surface area contributed by atoms with Gasteiger partial charge in [-0.25, -0.2) is 9.59 Å². The third-order valence-electron chi connectivity index (χ3n) is 4.32. The van der Waals surface area contributed by atoms with Crippen molar-refractivity contribution < 1.29 is 23.8 Å². The van der Waals surface area contributed by atoms with Crippen LogP contribution in [0.4, 0.5) is 4.79 Å². The first kappa shape index (κ1) is 20.0. The predicted octanol–water partition coefficient (Wildman–Crippen LogP) is 1.99. The number of amides is 2. The highest BCUT2D eigenvalue weighted by Gasteiger charge is 2.26. The number of benzene rings is 1. The fraction of sp³-hybridized carbons (Fsp3) is 0.579. The van der Waals surface area contributed by atoms with Crippen molar-refractivity contribution in [3.05, 3.63) is 29.8 Å². The van der Waals surface area contributed by atoms with Crippen molar-refractivity contribution in [2.45, 2.75) is 44.9 Å². The second-order valence-electron chi connectivity index (χ2n) is 6.63. The van der Waals surface area contributed by atoms with Crippen molar-refractivity contribution in [2.24, 2.45) is 0 Å². The molecule has 0 unspecified atom stereocenters. The second kappa shape index (κ2) is 9.43. The molecule has 144 valence electrons. The zero-order chi connectivity index (χ0) is 19.1. The molecule has 1 aliphatic heterocycles. The normalized spacial score (nSPS) is 18.0. The molecule has 0 saturated carbocycles. The molecule has 1 N–H and O–H groups in total. The van der Waals surface area contributed by atoms with Gasteiger partial charge in [0, 0.05) is 26.4 Å². The Morgan fingerprint density at radius 1 is 1.31 bits per heavy atom. The van der Waals surface area contributed by atoms with Crippen LogP contribution < -0.4 is 10.1 Å². The number of nitrogens with zero attached hydrogens (tertiary/aromatic N) is 1. The summed E-state index contributed by atoms with van der Waals surface area (Å²) < 4.78 is 16.2. The Kier molecular flexibility index (Phi) is 7.26. The van der Waals surface area contributed by atoms with Crippen LogP contribution in [0.25, 0.3) is 0 Å². The van der Waals surface area contributed by atoms with Crippen LogP contribution in [0.15, 0.2) is 24.3 Å². The standard InChI is InChI=1S/C19H28N2O5/c1-13(2)26-17(18(22)24-4)11-14-5-7-16(8-6-14)25-10-9-15-12-20-19(23)21(15)3/h5-8,13,15,17H,9-12H2,1-4H3,(H,20,23)/t15-,17-/m0/s1. The highest BCUT2D eigenvalue weighted by atomic mass is 16.6. The molecule has 1 aromatic carbocycles. The van der Waals surface area contributed by atoms with Gasteiger partial charge in [-0.3, -0.25) is 0 Å². The number of nitrogens with one attached hydrogen (secondary N) is 1. The van der Waals surface area contributed by atoms with Crippen molar-refractivity contribution in [3.8, 4) is 5.75 Å². The van der Waals surface area contributed by atoms with Gasteiger partial charge < -0.3 is 24.4 Å². The van der Waals surface area contributed by atoms with Gasteiger partial charge in [0.2, 0.25) is 0 Å². The largest absolute Gasteiger partial charge is 0.494 e. The summed E-state index contributed by atoms with van der Waals surface area (Å²) in [6.45, 7) is 4.96. The molecule has 0 bridgehead atoms. The summed E-state index contributed by atoms with van der Waals surface area (Å²) in [7, 11) is 3.15. The number of carbonyl (C=O) groups excluding carboxylic acids is 2. The van der Waals surface area contributed by atoms with E-state index in [1.165, 1.54) is 7.11 Å². The summed E-state index contributed by atoms with van der Waals surface area (Å²) in [6, 6.07) is 7.71. The molecular weight excluding hydrogens is 336 g/mol. The molecule has 1 aromatic rings. The summed E-state index contributed by atoms with van der Waals surface area (Å²) in [5, 5.41) is 2.80. The summed E-state index contributed by atoms with van der Waals surface area (Å²) in [5.41, 5.74) is 0.971. The zero-order valence-corrected chi connectivity index (χ0v) is 15.9. The topological polar surface area (TPSA) is 77.1 Å². The van der Waals surface area contributed by atoms with Gasteiger partial charge in [0.05, 0.1) is 25.9 Å². The Bertz CT molecular complexity index is 602. The van der Waals surface area contributed by atoms with Gasteiger partial charge in [0.1, 0.15) is 5.75 Å². The van der Waals surface area contributed by atoms with Gasteiger partial charge >= 0.3 is 12.0 Å². The van der Waals surface area contributed by atoms with E-state index >= 15 is 0 Å². The fourth-order valence-corrected chi connectivity index (χ4v) is 2.82. The lowest BCUT2D eigenvalue weighted by Gasteiger charge is -2.19. The molecule has 2 atom stereocenters. The number of likely N-dealkylation sites (N-methyl/N-ethyl adjacent to an activating group) is 1. The van der Waals surface area contributed by atoms with Gasteiger partial charge in [-0.15, -0.1) is 0 Å². The highest BCUT2D eigenvalue weighted by molar-refractivity contribution is 5.76. The molecule has 1 aliphatic rings. The average Bonchev–Trinajstić information content (AvgIpc) is 2.93. The minimum Gasteiger partial charge on any atom is -0.494 e. The molecule has 1 saturated heterocycles. The van der Waals surface area contributed by atoms with Gasteiger partial charge in [-0.1, -0.05) is 12.1 Å². The van der Waals surface area contributed by atoms with Gasteiger partial charge in [0.25, 0.3) is 0 Å². The predicted molar refractivity (Wildman–Crippen MR) is 97.2 cm³/mol. The molecule has 0 aromatic heterocycles. The number of carbonyl (C=O) groups is 2. The first-order chi connectivity index (χ1) is 12.4. The molecule has 2 amide bonds. The van der Waals surface area contributed by atoms with Gasteiger partial charge in [-0.2, -0.15) is 0 Å². The first-order valence-corrected chi connectivity index (χ1v) is 8.86. The van der Waals surface area contributed by atoms with Gasteiger partial charge in [-0.05, 0) is 31.5 Å². The number of ether oxygens (including phenoxy) is 3. The molecule has 7 nitrogen and oxygen atoms in total. The monoisotopic (exact) mass is 364 g/mol. The lowest BCUT2D eigenvalue weighted by atomic mass is 10.1. The number of rotatable bonds is 9. The number of hydrogen-bond donors (Lipinski definition) is 1. The van der Waals surface area contributed by atoms with Crippen LogP contribution >= 0.6 is 0 Å². The van der Waals surface area contributed by atoms with Crippen LogP contribution in [0.3, 0.4) is 0 Å². The maximum absolute atomic E-state index is 11.8. The minimum atomic E-state index is -0.616. The Hall–Kier alpha value is -2.28. The molecule has 0 radical (unpaired) electrons. The summed E-state index contributed by atoms with van der Waals surface area (Å²) in [6.07, 6.45) is 0.543. The van der Waals surface area contributed by atoms with Crippen LogP contribution in [-0.4, -0.2) is 62.5 Å². The molecule has 26 heavy (non-hydrogen) atoms. The van der Waals surface area contributed by atoms with Crippen molar-refractivity contribution in [1.82, 2.24) is 10.2 Å². The van der Waals surface area contributed by atoms with E-state index in [0.29, 0.717) is 19.6 Å². The Morgan fingerprint density at radius 3 is 2.54 bits per heavy atom. The van der Waals surface area contributed by atoms with Crippen molar-refractivity contribution in [1.29, 1.82) is 0 Å². The lowest BCUT2D eigenvalue weighted by molar-refractivity contribution is -0.156. The van der Waals surface area contributed by atoms with E-state index in [2.05, 4.69) is 5.32 Å². The molecule has 1 fully saturated rings. The third kappa shape index (κ3) is 5.62. The van der Waals surface area contributed by atoms with Crippen molar-refractivity contribution >= 4 is 12.0 Å². The molecule has 2 rings (SSSR count). The molecule has 7 heteroatoms. The van der Waals surface area contributed by atoms with E-state index < -0.39 is 6.10 Å². The molecule has 0 aliphatic carbocycles. The van der Waals surface area contributed by atoms with Crippen LogP contribution in [0, 0.1) is 0 Å². The van der Waals surface area contributed by atoms with E-state index in [4.69, 9.17) is 14.2 Å². The van der Waals surface area contributed by atoms with Crippen LogP contribution in [0.1, 0.15) is 25.8 Å². The van der Waals surface area contributed by atoms with Crippen LogP contribution in [0.2, 0.25) is 0 Å². The number of hydrogen-bond acceptors (Lipinski definition) is 5. The Balaban J connectivity index is 1.83. The van der Waals surface area contributed by atoms with E-state index in [1.807, 2.05) is 38.1 Å². The lowest BCUT2D eigenvalue weighted by Crippen LogP contribution is -2.31. The smallest absolute Gasteiger partial charge is 0.335 e. The second-order valence-corrected chi connectivity index (χ2v) is 6.63. The quantitative estimate of drug-likeness (QED) is 0.678. The number of urea groups is 1. The molecule has 1 heterocycles. The van der Waals surface area contributed by atoms with E-state index in [0.717, 1.165) is 17.7 Å². The maximum atomic E-state index is 11.8. The fourth-order valence-electron chi connectivity index (χ4n) is 2.82. The Labute approximate surface area is 154 Å².